The molecule has 0 bridgehead atoms. The maximum absolute atomic E-state index is 13.5. The minimum atomic E-state index is -0.365. The van der Waals surface area contributed by atoms with Crippen LogP contribution in [0.5, 0.6) is 11.5 Å². The highest BCUT2D eigenvalue weighted by atomic mass is 19.1. The standard InChI is InChI=1S/C21H25FN2O3/c1-14-6-7-15(22)11-18(14)23-21(25)13-24-10-4-5-19(24)17-12-16(26-2)8-9-20(17)27-3/h6-9,11-12,19H,4-5,10,13H2,1-3H3,(H,23,25). The third-order valence-electron chi connectivity index (χ3n) is 4.98. The number of likely N-dealkylation sites (tertiary alicyclic amines) is 1. The summed E-state index contributed by atoms with van der Waals surface area (Å²) in [6.45, 7) is 2.90. The van der Waals surface area contributed by atoms with Crippen molar-refractivity contribution in [1.82, 2.24) is 4.90 Å². The fourth-order valence-corrected chi connectivity index (χ4v) is 3.57. The molecule has 1 amide bonds. The Morgan fingerprint density at radius 1 is 1.22 bits per heavy atom. The van der Waals surface area contributed by atoms with Crippen molar-refractivity contribution in [3.63, 3.8) is 0 Å². The van der Waals surface area contributed by atoms with Gasteiger partial charge >= 0.3 is 0 Å². The molecule has 0 aromatic heterocycles. The van der Waals surface area contributed by atoms with E-state index in [-0.39, 0.29) is 24.3 Å². The molecule has 1 N–H and O–H groups in total. The highest BCUT2D eigenvalue weighted by molar-refractivity contribution is 5.93. The van der Waals surface area contributed by atoms with Gasteiger partial charge in [-0.05, 0) is 62.2 Å². The number of carbonyl (C=O) groups is 1. The molecule has 1 saturated heterocycles. The molecule has 1 fully saturated rings. The number of rotatable bonds is 6. The molecule has 2 aromatic carbocycles. The SMILES string of the molecule is COc1ccc(OC)c(C2CCCN2CC(=O)Nc2cc(F)ccc2C)c1. The summed E-state index contributed by atoms with van der Waals surface area (Å²) in [6, 6.07) is 10.2. The zero-order valence-corrected chi connectivity index (χ0v) is 15.9. The maximum atomic E-state index is 13.5. The zero-order valence-electron chi connectivity index (χ0n) is 15.9. The molecule has 0 aliphatic carbocycles. The predicted octanol–water partition coefficient (Wildman–Crippen LogP) is 3.93. The van der Waals surface area contributed by atoms with Gasteiger partial charge in [0.25, 0.3) is 0 Å². The average molecular weight is 372 g/mol. The number of anilines is 1. The lowest BCUT2D eigenvalue weighted by molar-refractivity contribution is -0.117. The highest BCUT2D eigenvalue weighted by Gasteiger charge is 2.30. The van der Waals surface area contributed by atoms with Gasteiger partial charge in [-0.15, -0.1) is 0 Å². The third-order valence-corrected chi connectivity index (χ3v) is 4.98. The summed E-state index contributed by atoms with van der Waals surface area (Å²) < 4.78 is 24.3. The Kier molecular flexibility index (Phi) is 5.96. The van der Waals surface area contributed by atoms with Crippen molar-refractivity contribution >= 4 is 11.6 Å². The molecule has 2 aromatic rings. The van der Waals surface area contributed by atoms with Gasteiger partial charge in [0.15, 0.2) is 0 Å². The van der Waals surface area contributed by atoms with E-state index in [1.165, 1.54) is 12.1 Å². The first kappa shape index (κ1) is 19.2. The quantitative estimate of drug-likeness (QED) is 0.835. The van der Waals surface area contributed by atoms with Gasteiger partial charge in [-0.3, -0.25) is 9.69 Å². The Bertz CT molecular complexity index is 825. The monoisotopic (exact) mass is 372 g/mol. The minimum absolute atomic E-state index is 0.0782. The van der Waals surface area contributed by atoms with E-state index in [0.717, 1.165) is 42.0 Å². The topological polar surface area (TPSA) is 50.8 Å². The van der Waals surface area contributed by atoms with Gasteiger partial charge in [-0.25, -0.2) is 4.39 Å². The van der Waals surface area contributed by atoms with E-state index in [9.17, 15) is 9.18 Å². The Morgan fingerprint density at radius 3 is 2.78 bits per heavy atom. The number of amides is 1. The summed E-state index contributed by atoms with van der Waals surface area (Å²) in [7, 11) is 3.27. The first-order chi connectivity index (χ1) is 13.0. The van der Waals surface area contributed by atoms with Crippen LogP contribution in [-0.2, 0) is 4.79 Å². The zero-order chi connectivity index (χ0) is 19.4. The van der Waals surface area contributed by atoms with Gasteiger partial charge in [-0.2, -0.15) is 0 Å². The number of hydrogen-bond donors (Lipinski definition) is 1. The first-order valence-electron chi connectivity index (χ1n) is 9.04. The van der Waals surface area contributed by atoms with E-state index < -0.39 is 0 Å². The lowest BCUT2D eigenvalue weighted by Gasteiger charge is -2.26. The van der Waals surface area contributed by atoms with Crippen LogP contribution in [0.15, 0.2) is 36.4 Å². The van der Waals surface area contributed by atoms with Crippen LogP contribution in [-0.4, -0.2) is 38.1 Å². The van der Waals surface area contributed by atoms with Crippen molar-refractivity contribution in [3.8, 4) is 11.5 Å². The van der Waals surface area contributed by atoms with E-state index in [1.807, 2.05) is 25.1 Å². The maximum Gasteiger partial charge on any atom is 0.238 e. The summed E-state index contributed by atoms with van der Waals surface area (Å²) >= 11 is 0. The van der Waals surface area contributed by atoms with Crippen molar-refractivity contribution in [2.24, 2.45) is 0 Å². The molecule has 0 saturated carbocycles. The molecular weight excluding hydrogens is 347 g/mol. The van der Waals surface area contributed by atoms with Crippen LogP contribution in [0, 0.1) is 12.7 Å². The third kappa shape index (κ3) is 4.39. The fraction of sp³-hybridized carbons (Fsp3) is 0.381. The molecule has 0 spiro atoms. The summed E-state index contributed by atoms with van der Waals surface area (Å²) in [5.74, 6) is 1.03. The van der Waals surface area contributed by atoms with Crippen molar-refractivity contribution < 1.29 is 18.7 Å². The van der Waals surface area contributed by atoms with Crippen LogP contribution in [0.4, 0.5) is 10.1 Å². The Balaban J connectivity index is 1.75. The van der Waals surface area contributed by atoms with Gasteiger partial charge in [0, 0.05) is 17.3 Å². The molecule has 144 valence electrons. The largest absolute Gasteiger partial charge is 0.497 e. The number of methoxy groups -OCH3 is 2. The lowest BCUT2D eigenvalue weighted by Crippen LogP contribution is -2.33. The Labute approximate surface area is 159 Å². The van der Waals surface area contributed by atoms with Crippen molar-refractivity contribution in [1.29, 1.82) is 0 Å². The second-order valence-corrected chi connectivity index (χ2v) is 6.74. The van der Waals surface area contributed by atoms with Crippen molar-refractivity contribution in [2.75, 3.05) is 32.6 Å². The van der Waals surface area contributed by atoms with E-state index in [1.54, 1.807) is 20.3 Å². The molecule has 1 aliphatic rings. The van der Waals surface area contributed by atoms with Crippen LogP contribution in [0.2, 0.25) is 0 Å². The van der Waals surface area contributed by atoms with Crippen LogP contribution >= 0.6 is 0 Å². The molecule has 1 heterocycles. The van der Waals surface area contributed by atoms with Gasteiger partial charge in [-0.1, -0.05) is 6.07 Å². The molecular formula is C21H25FN2O3. The summed E-state index contributed by atoms with van der Waals surface area (Å²) in [6.07, 6.45) is 1.94. The minimum Gasteiger partial charge on any atom is -0.497 e. The Hall–Kier alpha value is -2.60. The van der Waals surface area contributed by atoms with E-state index in [2.05, 4.69) is 10.2 Å². The number of nitrogens with zero attached hydrogens (tertiary/aromatic N) is 1. The molecule has 27 heavy (non-hydrogen) atoms. The normalized spacial score (nSPS) is 17.0. The highest BCUT2D eigenvalue weighted by Crippen LogP contribution is 2.38. The molecule has 3 rings (SSSR count). The average Bonchev–Trinajstić information content (AvgIpc) is 3.11. The number of benzene rings is 2. The van der Waals surface area contributed by atoms with E-state index in [4.69, 9.17) is 9.47 Å². The van der Waals surface area contributed by atoms with Gasteiger partial charge < -0.3 is 14.8 Å². The number of hydrogen-bond acceptors (Lipinski definition) is 4. The summed E-state index contributed by atoms with van der Waals surface area (Å²) in [5.41, 5.74) is 2.36. The van der Waals surface area contributed by atoms with Crippen LogP contribution in [0.3, 0.4) is 0 Å². The van der Waals surface area contributed by atoms with Crippen LogP contribution < -0.4 is 14.8 Å². The molecule has 6 heteroatoms. The second-order valence-electron chi connectivity index (χ2n) is 6.74. The fourth-order valence-electron chi connectivity index (χ4n) is 3.57. The molecule has 1 unspecified atom stereocenters. The Morgan fingerprint density at radius 2 is 2.04 bits per heavy atom. The van der Waals surface area contributed by atoms with E-state index >= 15 is 0 Å². The van der Waals surface area contributed by atoms with Gasteiger partial charge in [0.2, 0.25) is 5.91 Å². The van der Waals surface area contributed by atoms with Gasteiger partial charge in [0.05, 0.1) is 20.8 Å². The first-order valence-corrected chi connectivity index (χ1v) is 9.04. The smallest absolute Gasteiger partial charge is 0.238 e. The molecule has 1 atom stereocenters. The molecule has 0 radical (unpaired) electrons. The summed E-state index contributed by atoms with van der Waals surface area (Å²) in [5, 5.41) is 2.82. The number of ether oxygens (including phenoxy) is 2. The van der Waals surface area contributed by atoms with Crippen LogP contribution in [0.1, 0.15) is 30.0 Å². The number of halogens is 1. The number of aryl methyl sites for hydroxylation is 1. The van der Waals surface area contributed by atoms with Crippen molar-refractivity contribution in [2.45, 2.75) is 25.8 Å². The van der Waals surface area contributed by atoms with Gasteiger partial charge in [0.1, 0.15) is 17.3 Å². The summed E-state index contributed by atoms with van der Waals surface area (Å²) in [4.78, 5) is 14.7. The van der Waals surface area contributed by atoms with E-state index in [0.29, 0.717) is 5.69 Å². The molecule has 1 aliphatic heterocycles. The van der Waals surface area contributed by atoms with Crippen molar-refractivity contribution in [3.05, 3.63) is 53.3 Å². The lowest BCUT2D eigenvalue weighted by atomic mass is 10.0. The molecule has 5 nitrogen and oxygen atoms in total. The second kappa shape index (κ2) is 8.39. The number of nitrogens with one attached hydrogen (secondary N) is 1. The number of carbonyl (C=O) groups excluding carboxylic acids is 1. The predicted molar refractivity (Wildman–Crippen MR) is 103 cm³/mol. The van der Waals surface area contributed by atoms with Crippen LogP contribution in [0.25, 0.3) is 0 Å².